The van der Waals surface area contributed by atoms with Gasteiger partial charge >= 0.3 is 5.76 Å². The predicted molar refractivity (Wildman–Crippen MR) is 94.6 cm³/mol. The van der Waals surface area contributed by atoms with Gasteiger partial charge < -0.3 is 9.73 Å². The number of rotatable bonds is 6. The number of carbonyl (C=O) groups excluding carboxylic acids is 1. The van der Waals surface area contributed by atoms with Gasteiger partial charge in [-0.15, -0.1) is 21.5 Å². The Balaban J connectivity index is 1.35. The van der Waals surface area contributed by atoms with Gasteiger partial charge in [0.05, 0.1) is 16.9 Å². The molecule has 10 heteroatoms. The van der Waals surface area contributed by atoms with Gasteiger partial charge in [0.1, 0.15) is 12.1 Å². The van der Waals surface area contributed by atoms with Crippen molar-refractivity contribution in [3.63, 3.8) is 0 Å². The maximum absolute atomic E-state index is 12.1. The van der Waals surface area contributed by atoms with Crippen LogP contribution in [0, 0.1) is 0 Å². The van der Waals surface area contributed by atoms with Gasteiger partial charge in [0, 0.05) is 6.54 Å². The van der Waals surface area contributed by atoms with Crippen LogP contribution in [0.2, 0.25) is 0 Å². The number of nitrogens with zero attached hydrogens (tertiary/aromatic N) is 5. The molecule has 0 unspecified atom stereocenters. The van der Waals surface area contributed by atoms with Crippen molar-refractivity contribution in [2.45, 2.75) is 13.1 Å². The van der Waals surface area contributed by atoms with Gasteiger partial charge in [-0.2, -0.15) is 4.68 Å². The minimum Gasteiger partial charge on any atom is -0.387 e. The minimum absolute atomic E-state index is 0.0503. The Morgan fingerprint density at radius 1 is 1.19 bits per heavy atom. The van der Waals surface area contributed by atoms with Crippen LogP contribution < -0.4 is 11.1 Å². The molecule has 0 saturated heterocycles. The second-order valence-corrected chi connectivity index (χ2v) is 6.41. The van der Waals surface area contributed by atoms with Crippen LogP contribution in [0.1, 0.15) is 0 Å². The lowest BCUT2D eigenvalue weighted by molar-refractivity contribution is -0.121. The number of hydrogen-bond acceptors (Lipinski definition) is 7. The molecule has 0 spiro atoms. The van der Waals surface area contributed by atoms with Crippen LogP contribution in [0.25, 0.3) is 21.8 Å². The van der Waals surface area contributed by atoms with E-state index in [1.165, 1.54) is 20.7 Å². The molecule has 1 N–H and O–H groups in total. The third kappa shape index (κ3) is 3.26. The molecule has 1 amide bonds. The van der Waals surface area contributed by atoms with Crippen LogP contribution in [0.4, 0.5) is 0 Å². The fourth-order valence-corrected chi connectivity index (χ4v) is 3.12. The standard InChI is InChI=1S/C16H14N6O3S/c23-14(10-22-12-5-2-1-4-11(12)18-20-22)17-7-8-21-16(24)25-15(19-21)13-6-3-9-26-13/h1-6,9H,7-8,10H2,(H,17,23). The molecule has 9 nitrogen and oxygen atoms in total. The molecule has 0 fully saturated rings. The van der Waals surface area contributed by atoms with Crippen molar-refractivity contribution in [3.05, 3.63) is 52.3 Å². The Bertz CT molecular complexity index is 1090. The first kappa shape index (κ1) is 16.2. The molecule has 132 valence electrons. The van der Waals surface area contributed by atoms with E-state index in [1.807, 2.05) is 41.8 Å². The second-order valence-electron chi connectivity index (χ2n) is 5.46. The molecule has 4 rings (SSSR count). The van der Waals surface area contributed by atoms with Crippen LogP contribution in [0.3, 0.4) is 0 Å². The molecule has 26 heavy (non-hydrogen) atoms. The SMILES string of the molecule is O=C(Cn1nnc2ccccc21)NCCn1nc(-c2cccs2)oc1=O. The number of amides is 1. The van der Waals surface area contributed by atoms with Crippen molar-refractivity contribution in [2.75, 3.05) is 6.54 Å². The third-order valence-electron chi connectivity index (χ3n) is 3.70. The normalized spacial score (nSPS) is 11.1. The van der Waals surface area contributed by atoms with Gasteiger partial charge in [0.2, 0.25) is 5.91 Å². The number of aromatic nitrogens is 5. The number of nitrogens with one attached hydrogen (secondary N) is 1. The Kier molecular flexibility index (Phi) is 4.32. The fourth-order valence-electron chi connectivity index (χ4n) is 2.47. The molecule has 0 atom stereocenters. The average Bonchev–Trinajstić information content (AvgIpc) is 3.36. The molecular formula is C16H14N6O3S. The summed E-state index contributed by atoms with van der Waals surface area (Å²) in [5, 5.41) is 16.7. The lowest BCUT2D eigenvalue weighted by atomic mass is 10.3. The van der Waals surface area contributed by atoms with Crippen molar-refractivity contribution < 1.29 is 9.21 Å². The first-order valence-corrected chi connectivity index (χ1v) is 8.75. The minimum atomic E-state index is -0.551. The Morgan fingerprint density at radius 2 is 2.08 bits per heavy atom. The molecule has 3 heterocycles. The molecule has 3 aromatic heterocycles. The molecule has 0 saturated carbocycles. The van der Waals surface area contributed by atoms with Crippen molar-refractivity contribution in [2.24, 2.45) is 0 Å². The van der Waals surface area contributed by atoms with Gasteiger partial charge in [-0.3, -0.25) is 4.79 Å². The number of para-hydroxylation sites is 1. The summed E-state index contributed by atoms with van der Waals surface area (Å²) in [6.45, 7) is 0.522. The number of thiophene rings is 1. The molecule has 0 radical (unpaired) electrons. The van der Waals surface area contributed by atoms with Crippen LogP contribution >= 0.6 is 11.3 Å². The van der Waals surface area contributed by atoms with Crippen LogP contribution in [-0.4, -0.2) is 37.2 Å². The summed E-state index contributed by atoms with van der Waals surface area (Å²) in [5.41, 5.74) is 1.52. The number of carbonyl (C=O) groups is 1. The zero-order chi connectivity index (χ0) is 17.9. The van der Waals surface area contributed by atoms with Crippen molar-refractivity contribution in [1.82, 2.24) is 30.1 Å². The molecule has 4 aromatic rings. The highest BCUT2D eigenvalue weighted by molar-refractivity contribution is 7.13. The van der Waals surface area contributed by atoms with E-state index in [2.05, 4.69) is 20.7 Å². The Hall–Kier alpha value is -3.27. The summed E-state index contributed by atoms with van der Waals surface area (Å²) in [6.07, 6.45) is 0. The van der Waals surface area contributed by atoms with Crippen molar-refractivity contribution in [3.8, 4) is 10.8 Å². The van der Waals surface area contributed by atoms with Crippen molar-refractivity contribution in [1.29, 1.82) is 0 Å². The first-order valence-electron chi connectivity index (χ1n) is 7.87. The molecule has 0 aliphatic rings. The lowest BCUT2D eigenvalue weighted by Gasteiger charge is -2.05. The fraction of sp³-hybridized carbons (Fsp3) is 0.188. The summed E-state index contributed by atoms with van der Waals surface area (Å²) in [6, 6.07) is 11.1. The van der Waals surface area contributed by atoms with Gasteiger partial charge in [0.25, 0.3) is 5.89 Å². The van der Waals surface area contributed by atoms with E-state index in [9.17, 15) is 9.59 Å². The summed E-state index contributed by atoms with van der Waals surface area (Å²) >= 11 is 1.44. The largest absolute Gasteiger partial charge is 0.437 e. The smallest absolute Gasteiger partial charge is 0.387 e. The predicted octanol–water partition coefficient (Wildman–Crippen LogP) is 1.13. The number of hydrogen-bond donors (Lipinski definition) is 1. The Labute approximate surface area is 150 Å². The maximum atomic E-state index is 12.1. The van der Waals surface area contributed by atoms with Gasteiger partial charge in [-0.05, 0) is 23.6 Å². The van der Waals surface area contributed by atoms with Crippen molar-refractivity contribution >= 4 is 28.3 Å². The van der Waals surface area contributed by atoms with Crippen LogP contribution in [0.5, 0.6) is 0 Å². The maximum Gasteiger partial charge on any atom is 0.437 e. The topological polar surface area (TPSA) is 108 Å². The van der Waals surface area contributed by atoms with E-state index in [-0.39, 0.29) is 31.4 Å². The van der Waals surface area contributed by atoms with Gasteiger partial charge in [-0.25, -0.2) is 9.48 Å². The van der Waals surface area contributed by atoms with Crippen LogP contribution in [0.15, 0.2) is 51.0 Å². The van der Waals surface area contributed by atoms with Gasteiger partial charge in [0.15, 0.2) is 0 Å². The summed E-state index contributed by atoms with van der Waals surface area (Å²) in [5.74, 6) is -0.494. The van der Waals surface area contributed by atoms with Crippen LogP contribution in [-0.2, 0) is 17.9 Å². The molecular weight excluding hydrogens is 356 g/mol. The van der Waals surface area contributed by atoms with E-state index in [0.717, 1.165) is 15.9 Å². The molecule has 1 aromatic carbocycles. The van der Waals surface area contributed by atoms with Gasteiger partial charge in [-0.1, -0.05) is 23.4 Å². The van der Waals surface area contributed by atoms with E-state index in [1.54, 1.807) is 0 Å². The first-order chi connectivity index (χ1) is 12.7. The average molecular weight is 370 g/mol. The quantitative estimate of drug-likeness (QED) is 0.545. The molecule has 0 bridgehead atoms. The van der Waals surface area contributed by atoms with E-state index in [0.29, 0.717) is 0 Å². The highest BCUT2D eigenvalue weighted by Crippen LogP contribution is 2.20. The lowest BCUT2D eigenvalue weighted by Crippen LogP contribution is -2.32. The monoisotopic (exact) mass is 370 g/mol. The number of fused-ring (bicyclic) bond motifs is 1. The number of benzene rings is 1. The van der Waals surface area contributed by atoms with E-state index in [4.69, 9.17) is 4.42 Å². The molecule has 0 aliphatic heterocycles. The highest BCUT2D eigenvalue weighted by Gasteiger charge is 2.12. The van der Waals surface area contributed by atoms with E-state index >= 15 is 0 Å². The summed E-state index contributed by atoms with van der Waals surface area (Å²) in [7, 11) is 0. The zero-order valence-electron chi connectivity index (χ0n) is 13.5. The molecule has 0 aliphatic carbocycles. The summed E-state index contributed by atoms with van der Waals surface area (Å²) < 4.78 is 7.85. The summed E-state index contributed by atoms with van der Waals surface area (Å²) in [4.78, 5) is 24.7. The second kappa shape index (κ2) is 6.92. The Morgan fingerprint density at radius 3 is 2.92 bits per heavy atom. The third-order valence-corrected chi connectivity index (χ3v) is 4.56. The highest BCUT2D eigenvalue weighted by atomic mass is 32.1. The van der Waals surface area contributed by atoms with E-state index < -0.39 is 5.76 Å². The zero-order valence-corrected chi connectivity index (χ0v) is 14.3.